The average Bonchev–Trinajstić information content (AvgIpc) is 2.52. The van der Waals surface area contributed by atoms with Crippen molar-refractivity contribution < 1.29 is 27.5 Å². The molecule has 26 heavy (non-hydrogen) atoms. The number of carbonyl (C=O) groups is 2. The molecule has 1 aliphatic heterocycles. The predicted octanol–water partition coefficient (Wildman–Crippen LogP) is 4.01. The van der Waals surface area contributed by atoms with E-state index in [2.05, 4.69) is 5.32 Å². The molecule has 1 saturated heterocycles. The van der Waals surface area contributed by atoms with Gasteiger partial charge >= 0.3 is 12.3 Å². The Morgan fingerprint density at radius 2 is 1.73 bits per heavy atom. The Hall–Kier alpha value is -1.47. The average molecular weight is 378 g/mol. The molecule has 0 radical (unpaired) electrons. The summed E-state index contributed by atoms with van der Waals surface area (Å²) in [5.74, 6) is -1.74. The maximum absolute atomic E-state index is 12.9. The third kappa shape index (κ3) is 5.77. The second kappa shape index (κ2) is 8.05. The number of hydrogen-bond donors (Lipinski definition) is 1. The van der Waals surface area contributed by atoms with Crippen molar-refractivity contribution in [2.24, 2.45) is 5.92 Å². The molecule has 8 heteroatoms. The van der Waals surface area contributed by atoms with Crippen LogP contribution in [-0.2, 0) is 9.53 Å². The summed E-state index contributed by atoms with van der Waals surface area (Å²) in [7, 11) is 0. The van der Waals surface area contributed by atoms with Crippen LogP contribution in [0.4, 0.5) is 18.0 Å². The Balaban J connectivity index is 1.98. The monoisotopic (exact) mass is 378 g/mol. The quantitative estimate of drug-likeness (QED) is 0.790. The number of nitrogens with zero attached hydrogens (tertiary/aromatic N) is 1. The molecule has 0 spiro atoms. The number of carbonyl (C=O) groups excluding carboxylic acids is 2. The Labute approximate surface area is 152 Å². The van der Waals surface area contributed by atoms with Crippen LogP contribution in [0, 0.1) is 5.92 Å². The molecule has 5 nitrogen and oxygen atoms in total. The minimum absolute atomic E-state index is 0.0889. The molecule has 1 aliphatic carbocycles. The van der Waals surface area contributed by atoms with E-state index in [0.29, 0.717) is 25.8 Å². The number of piperidine rings is 1. The van der Waals surface area contributed by atoms with Gasteiger partial charge in [-0.2, -0.15) is 13.2 Å². The van der Waals surface area contributed by atoms with Gasteiger partial charge in [0.1, 0.15) is 11.6 Å². The lowest BCUT2D eigenvalue weighted by molar-refractivity contribution is -0.184. The first-order valence-electron chi connectivity index (χ1n) is 9.34. The molecule has 3 unspecified atom stereocenters. The number of halogens is 3. The van der Waals surface area contributed by atoms with Crippen LogP contribution in [0.3, 0.4) is 0 Å². The number of ether oxygens (including phenoxy) is 1. The molecule has 0 bridgehead atoms. The second-order valence-electron chi connectivity index (χ2n) is 8.30. The number of rotatable bonds is 2. The van der Waals surface area contributed by atoms with Crippen LogP contribution in [0.5, 0.6) is 0 Å². The highest BCUT2D eigenvalue weighted by atomic mass is 19.4. The maximum Gasteiger partial charge on any atom is 0.410 e. The zero-order valence-corrected chi connectivity index (χ0v) is 15.7. The van der Waals surface area contributed by atoms with Gasteiger partial charge in [-0.25, -0.2) is 4.79 Å². The van der Waals surface area contributed by atoms with Gasteiger partial charge < -0.3 is 10.1 Å². The van der Waals surface area contributed by atoms with Gasteiger partial charge in [0.15, 0.2) is 0 Å². The molecule has 0 aromatic heterocycles. The third-order valence-corrected chi connectivity index (χ3v) is 4.92. The Morgan fingerprint density at radius 3 is 2.35 bits per heavy atom. The van der Waals surface area contributed by atoms with Crippen molar-refractivity contribution in [3.8, 4) is 0 Å². The summed E-state index contributed by atoms with van der Waals surface area (Å²) < 4.78 is 44.2. The fourth-order valence-electron chi connectivity index (χ4n) is 3.66. The van der Waals surface area contributed by atoms with Gasteiger partial charge in [-0.1, -0.05) is 6.42 Å². The molecule has 2 aliphatic rings. The van der Waals surface area contributed by atoms with Crippen molar-refractivity contribution in [1.29, 1.82) is 0 Å². The standard InChI is InChI=1S/C18H29F3N2O3/c1-17(2,3)26-16(25)23-10-5-4-9-14(23)15(24)22-13-8-6-7-12(11-13)18(19,20)21/h12-14H,4-11H2,1-3H3,(H,22,24). The Morgan fingerprint density at radius 1 is 1.04 bits per heavy atom. The van der Waals surface area contributed by atoms with E-state index < -0.39 is 35.9 Å². The van der Waals surface area contributed by atoms with Gasteiger partial charge in [0.05, 0.1) is 5.92 Å². The van der Waals surface area contributed by atoms with E-state index in [-0.39, 0.29) is 18.7 Å². The van der Waals surface area contributed by atoms with Crippen LogP contribution >= 0.6 is 0 Å². The summed E-state index contributed by atoms with van der Waals surface area (Å²) in [4.78, 5) is 26.5. The molecule has 0 aromatic rings. The lowest BCUT2D eigenvalue weighted by atomic mass is 9.85. The minimum atomic E-state index is -4.23. The number of amides is 2. The molecular weight excluding hydrogens is 349 g/mol. The van der Waals surface area contributed by atoms with E-state index in [4.69, 9.17) is 4.74 Å². The van der Waals surface area contributed by atoms with Crippen molar-refractivity contribution >= 4 is 12.0 Å². The van der Waals surface area contributed by atoms with Crippen molar-refractivity contribution in [2.75, 3.05) is 6.54 Å². The summed E-state index contributed by atoms with van der Waals surface area (Å²) in [5.41, 5.74) is -0.668. The van der Waals surface area contributed by atoms with Gasteiger partial charge in [-0.3, -0.25) is 9.69 Å². The van der Waals surface area contributed by atoms with E-state index in [1.165, 1.54) is 4.90 Å². The van der Waals surface area contributed by atoms with E-state index in [9.17, 15) is 22.8 Å². The van der Waals surface area contributed by atoms with Crippen molar-refractivity contribution in [1.82, 2.24) is 10.2 Å². The molecule has 1 heterocycles. The molecular formula is C18H29F3N2O3. The molecule has 2 amide bonds. The SMILES string of the molecule is CC(C)(C)OC(=O)N1CCCCC1C(=O)NC1CCCC(C(F)(F)F)C1. The smallest absolute Gasteiger partial charge is 0.410 e. The Bertz CT molecular complexity index is 517. The summed E-state index contributed by atoms with van der Waals surface area (Å²) in [6.45, 7) is 5.68. The zero-order valence-electron chi connectivity index (χ0n) is 15.7. The molecule has 1 N–H and O–H groups in total. The van der Waals surface area contributed by atoms with Crippen LogP contribution in [0.1, 0.15) is 65.7 Å². The predicted molar refractivity (Wildman–Crippen MR) is 90.5 cm³/mol. The van der Waals surface area contributed by atoms with Crippen LogP contribution < -0.4 is 5.32 Å². The van der Waals surface area contributed by atoms with Crippen molar-refractivity contribution in [3.63, 3.8) is 0 Å². The van der Waals surface area contributed by atoms with Gasteiger partial charge in [-0.05, 0) is 59.3 Å². The molecule has 2 fully saturated rings. The van der Waals surface area contributed by atoms with E-state index in [1.54, 1.807) is 20.8 Å². The molecule has 0 aromatic carbocycles. The summed E-state index contributed by atoms with van der Waals surface area (Å²) in [6, 6.07) is -1.17. The minimum Gasteiger partial charge on any atom is -0.444 e. The van der Waals surface area contributed by atoms with Crippen molar-refractivity contribution in [3.05, 3.63) is 0 Å². The molecule has 2 rings (SSSR count). The topological polar surface area (TPSA) is 58.6 Å². The fraction of sp³-hybridized carbons (Fsp3) is 0.889. The Kier molecular flexibility index (Phi) is 6.45. The third-order valence-electron chi connectivity index (χ3n) is 4.92. The van der Waals surface area contributed by atoms with E-state index in [1.807, 2.05) is 0 Å². The van der Waals surface area contributed by atoms with Gasteiger partial charge in [-0.15, -0.1) is 0 Å². The first-order valence-corrected chi connectivity index (χ1v) is 9.34. The fourth-order valence-corrected chi connectivity index (χ4v) is 3.66. The summed E-state index contributed by atoms with van der Waals surface area (Å²) in [6.07, 6.45) is -1.69. The number of likely N-dealkylation sites (tertiary alicyclic amines) is 1. The number of alkyl halides is 3. The van der Waals surface area contributed by atoms with Crippen molar-refractivity contribution in [2.45, 2.75) is 89.6 Å². The second-order valence-corrected chi connectivity index (χ2v) is 8.30. The molecule has 150 valence electrons. The van der Waals surface area contributed by atoms with Crippen LogP contribution in [0.15, 0.2) is 0 Å². The van der Waals surface area contributed by atoms with Gasteiger partial charge in [0.25, 0.3) is 0 Å². The number of hydrogen-bond acceptors (Lipinski definition) is 3. The first-order chi connectivity index (χ1) is 12.0. The highest BCUT2D eigenvalue weighted by molar-refractivity contribution is 5.86. The van der Waals surface area contributed by atoms with Crippen LogP contribution in [0.2, 0.25) is 0 Å². The zero-order chi connectivity index (χ0) is 19.5. The van der Waals surface area contributed by atoms with Gasteiger partial charge in [0.2, 0.25) is 5.91 Å². The lowest BCUT2D eigenvalue weighted by Gasteiger charge is -2.37. The first kappa shape index (κ1) is 20.8. The normalized spacial score (nSPS) is 27.8. The maximum atomic E-state index is 12.9. The van der Waals surface area contributed by atoms with Gasteiger partial charge in [0, 0.05) is 12.6 Å². The number of nitrogens with one attached hydrogen (secondary N) is 1. The van der Waals surface area contributed by atoms with E-state index in [0.717, 1.165) is 12.8 Å². The van der Waals surface area contributed by atoms with Crippen LogP contribution in [0.25, 0.3) is 0 Å². The highest BCUT2D eigenvalue weighted by Gasteiger charge is 2.43. The summed E-state index contributed by atoms with van der Waals surface area (Å²) >= 11 is 0. The van der Waals surface area contributed by atoms with Crippen LogP contribution in [-0.4, -0.2) is 47.3 Å². The lowest BCUT2D eigenvalue weighted by Crippen LogP contribution is -2.55. The van der Waals surface area contributed by atoms with E-state index >= 15 is 0 Å². The largest absolute Gasteiger partial charge is 0.444 e. The highest BCUT2D eigenvalue weighted by Crippen LogP contribution is 2.37. The molecule has 3 atom stereocenters. The summed E-state index contributed by atoms with van der Waals surface area (Å²) in [5, 5.41) is 2.75. The molecule has 1 saturated carbocycles.